The van der Waals surface area contributed by atoms with E-state index in [0.717, 1.165) is 19.3 Å². The lowest BCUT2D eigenvalue weighted by atomic mass is 10.1. The summed E-state index contributed by atoms with van der Waals surface area (Å²) in [6.07, 6.45) is 1.82. The predicted octanol–water partition coefficient (Wildman–Crippen LogP) is -0.311. The maximum absolute atomic E-state index is 11.5. The number of carboxylic acid groups (broad SMARTS) is 1. The quantitative estimate of drug-likeness (QED) is 0.542. The molecule has 18 heavy (non-hydrogen) atoms. The average Bonchev–Trinajstić information content (AvgIpc) is 2.34. The number of carbonyl (C=O) groups is 2. The van der Waals surface area contributed by atoms with E-state index < -0.39 is 24.1 Å². The zero-order valence-corrected chi connectivity index (χ0v) is 10.4. The van der Waals surface area contributed by atoms with Gasteiger partial charge < -0.3 is 25.6 Å². The van der Waals surface area contributed by atoms with Crippen molar-refractivity contribution in [3.63, 3.8) is 0 Å². The van der Waals surface area contributed by atoms with Crippen LogP contribution in [0.4, 0.5) is 4.79 Å². The Bertz CT molecular complexity index is 289. The van der Waals surface area contributed by atoms with E-state index in [1.807, 2.05) is 0 Å². The van der Waals surface area contributed by atoms with Crippen molar-refractivity contribution >= 4 is 12.0 Å². The van der Waals surface area contributed by atoms with Crippen molar-refractivity contribution in [1.29, 1.82) is 0 Å². The van der Waals surface area contributed by atoms with E-state index in [9.17, 15) is 14.7 Å². The van der Waals surface area contributed by atoms with Gasteiger partial charge in [0.25, 0.3) is 0 Å². The fraction of sp³-hybridized carbons (Fsp3) is 0.818. The van der Waals surface area contributed by atoms with Crippen LogP contribution in [-0.2, 0) is 9.53 Å². The van der Waals surface area contributed by atoms with Crippen LogP contribution >= 0.6 is 0 Å². The minimum absolute atomic E-state index is 0.0145. The van der Waals surface area contributed by atoms with Crippen LogP contribution in [0.1, 0.15) is 26.2 Å². The molecular formula is C11H20N2O5. The van der Waals surface area contributed by atoms with Crippen molar-refractivity contribution in [2.75, 3.05) is 13.2 Å². The van der Waals surface area contributed by atoms with Crippen molar-refractivity contribution in [2.24, 2.45) is 0 Å². The van der Waals surface area contributed by atoms with Crippen LogP contribution in [-0.4, -0.2) is 53.6 Å². The monoisotopic (exact) mass is 260 g/mol. The molecule has 1 aliphatic rings. The summed E-state index contributed by atoms with van der Waals surface area (Å²) in [4.78, 5) is 22.2. The molecule has 0 spiro atoms. The highest BCUT2D eigenvalue weighted by Gasteiger charge is 2.25. The number of aliphatic carboxylic acids is 1. The normalized spacial score (nSPS) is 22.9. The molecule has 7 nitrogen and oxygen atoms in total. The first-order valence-corrected chi connectivity index (χ1v) is 6.07. The van der Waals surface area contributed by atoms with Crippen molar-refractivity contribution in [1.82, 2.24) is 10.6 Å². The number of hydrogen-bond donors (Lipinski definition) is 4. The Kier molecular flexibility index (Phi) is 5.87. The Morgan fingerprint density at radius 1 is 1.44 bits per heavy atom. The van der Waals surface area contributed by atoms with Gasteiger partial charge in [0.05, 0.1) is 12.2 Å². The van der Waals surface area contributed by atoms with Crippen molar-refractivity contribution in [3.8, 4) is 0 Å². The van der Waals surface area contributed by atoms with Crippen LogP contribution in [0.2, 0.25) is 0 Å². The summed E-state index contributed by atoms with van der Waals surface area (Å²) in [6.45, 7) is 2.35. The standard InChI is InChI=1S/C11H20N2O5/c1-7(14)9(10(15)16)13-11(17)12-6-8-4-2-3-5-18-8/h7-9,14H,2-6H2,1H3,(H,15,16)(H2,12,13,17)/t7-,8?,9+/m1/s1. The SMILES string of the molecule is C[C@@H](O)[C@H](NC(=O)NCC1CCCCO1)C(=O)O. The second kappa shape index (κ2) is 7.17. The third kappa shape index (κ3) is 4.89. The van der Waals surface area contributed by atoms with E-state index in [1.165, 1.54) is 6.92 Å². The molecule has 0 saturated carbocycles. The summed E-state index contributed by atoms with van der Waals surface area (Å²) in [7, 11) is 0. The Balaban J connectivity index is 2.29. The number of rotatable bonds is 5. The first kappa shape index (κ1) is 14.7. The number of urea groups is 1. The molecule has 1 heterocycles. The van der Waals surface area contributed by atoms with Gasteiger partial charge in [-0.2, -0.15) is 0 Å². The third-order valence-electron chi connectivity index (χ3n) is 2.80. The van der Waals surface area contributed by atoms with E-state index in [4.69, 9.17) is 9.84 Å². The van der Waals surface area contributed by atoms with Gasteiger partial charge in [0, 0.05) is 13.2 Å². The van der Waals surface area contributed by atoms with Crippen molar-refractivity contribution < 1.29 is 24.5 Å². The molecule has 1 rings (SSSR count). The lowest BCUT2D eigenvalue weighted by molar-refractivity contribution is -0.141. The number of ether oxygens (including phenoxy) is 1. The topological polar surface area (TPSA) is 108 Å². The van der Waals surface area contributed by atoms with Gasteiger partial charge >= 0.3 is 12.0 Å². The van der Waals surface area contributed by atoms with Crippen LogP contribution in [0.15, 0.2) is 0 Å². The fourth-order valence-corrected chi connectivity index (χ4v) is 1.76. The lowest BCUT2D eigenvalue weighted by Gasteiger charge is -2.23. The maximum atomic E-state index is 11.5. The molecule has 0 aromatic heterocycles. The third-order valence-corrected chi connectivity index (χ3v) is 2.80. The summed E-state index contributed by atoms with van der Waals surface area (Å²) in [5.41, 5.74) is 0. The average molecular weight is 260 g/mol. The number of carbonyl (C=O) groups excluding carboxylic acids is 1. The van der Waals surface area contributed by atoms with Gasteiger partial charge in [0.1, 0.15) is 0 Å². The molecule has 1 unspecified atom stereocenters. The number of aliphatic hydroxyl groups is 1. The minimum Gasteiger partial charge on any atom is -0.480 e. The summed E-state index contributed by atoms with van der Waals surface area (Å²) in [5, 5.41) is 22.7. The van der Waals surface area contributed by atoms with Crippen LogP contribution in [0, 0.1) is 0 Å². The maximum Gasteiger partial charge on any atom is 0.328 e. The largest absolute Gasteiger partial charge is 0.480 e. The second-order valence-corrected chi connectivity index (χ2v) is 4.40. The predicted molar refractivity (Wildman–Crippen MR) is 63.2 cm³/mol. The first-order chi connectivity index (χ1) is 8.50. The summed E-state index contributed by atoms with van der Waals surface area (Å²) in [5.74, 6) is -1.27. The Hall–Kier alpha value is -1.34. The van der Waals surface area contributed by atoms with Gasteiger partial charge in [-0.1, -0.05) is 0 Å². The number of nitrogens with one attached hydrogen (secondary N) is 2. The fourth-order valence-electron chi connectivity index (χ4n) is 1.76. The molecule has 2 amide bonds. The van der Waals surface area contributed by atoms with E-state index in [1.54, 1.807) is 0 Å². The smallest absolute Gasteiger partial charge is 0.328 e. The molecule has 0 bridgehead atoms. The number of amides is 2. The molecule has 1 aliphatic heterocycles. The first-order valence-electron chi connectivity index (χ1n) is 6.07. The van der Waals surface area contributed by atoms with Gasteiger partial charge in [0.15, 0.2) is 6.04 Å². The Labute approximate surface area is 106 Å². The number of aliphatic hydroxyl groups excluding tert-OH is 1. The minimum atomic E-state index is -1.31. The van der Waals surface area contributed by atoms with Crippen LogP contribution < -0.4 is 10.6 Å². The van der Waals surface area contributed by atoms with Gasteiger partial charge in [0.2, 0.25) is 0 Å². The summed E-state index contributed by atoms with van der Waals surface area (Å²) < 4.78 is 5.42. The van der Waals surface area contributed by atoms with Crippen LogP contribution in [0.3, 0.4) is 0 Å². The molecule has 0 aromatic rings. The van der Waals surface area contributed by atoms with Gasteiger partial charge in [-0.05, 0) is 26.2 Å². The molecule has 1 saturated heterocycles. The van der Waals surface area contributed by atoms with Crippen LogP contribution in [0.25, 0.3) is 0 Å². The van der Waals surface area contributed by atoms with E-state index in [0.29, 0.717) is 13.2 Å². The molecule has 4 N–H and O–H groups in total. The zero-order valence-electron chi connectivity index (χ0n) is 10.4. The highest BCUT2D eigenvalue weighted by Crippen LogP contribution is 2.11. The second-order valence-electron chi connectivity index (χ2n) is 4.40. The van der Waals surface area contributed by atoms with Crippen molar-refractivity contribution in [2.45, 2.75) is 44.4 Å². The van der Waals surface area contributed by atoms with Gasteiger partial charge in [-0.3, -0.25) is 0 Å². The highest BCUT2D eigenvalue weighted by molar-refractivity contribution is 5.82. The van der Waals surface area contributed by atoms with E-state index >= 15 is 0 Å². The van der Waals surface area contributed by atoms with E-state index in [-0.39, 0.29) is 6.10 Å². The molecule has 0 aliphatic carbocycles. The molecule has 0 radical (unpaired) electrons. The molecule has 0 aromatic carbocycles. The molecular weight excluding hydrogens is 240 g/mol. The number of carboxylic acids is 1. The van der Waals surface area contributed by atoms with E-state index in [2.05, 4.69) is 10.6 Å². The van der Waals surface area contributed by atoms with Crippen molar-refractivity contribution in [3.05, 3.63) is 0 Å². The summed E-state index contributed by atoms with van der Waals surface area (Å²) in [6, 6.07) is -1.92. The van der Waals surface area contributed by atoms with Crippen LogP contribution in [0.5, 0.6) is 0 Å². The summed E-state index contributed by atoms with van der Waals surface area (Å²) >= 11 is 0. The Morgan fingerprint density at radius 3 is 2.67 bits per heavy atom. The van der Waals surface area contributed by atoms with Gasteiger partial charge in [-0.25, -0.2) is 9.59 Å². The number of hydrogen-bond acceptors (Lipinski definition) is 4. The molecule has 104 valence electrons. The Morgan fingerprint density at radius 2 is 2.17 bits per heavy atom. The highest BCUT2D eigenvalue weighted by atomic mass is 16.5. The zero-order chi connectivity index (χ0) is 13.5. The molecule has 3 atom stereocenters. The van der Waals surface area contributed by atoms with Gasteiger partial charge in [-0.15, -0.1) is 0 Å². The molecule has 1 fully saturated rings. The lowest BCUT2D eigenvalue weighted by Crippen LogP contribution is -2.52. The molecule has 7 heteroatoms.